The molecule has 0 aliphatic carbocycles. The lowest BCUT2D eigenvalue weighted by Crippen LogP contribution is -2.38. The molecular weight excluding hydrogens is 279 g/mol. The molecular formula is C14H21FN2O2S. The zero-order valence-electron chi connectivity index (χ0n) is 11.9. The topological polar surface area (TPSA) is 40.6 Å². The Morgan fingerprint density at radius 3 is 2.40 bits per heavy atom. The van der Waals surface area contributed by atoms with Crippen LogP contribution in [0.1, 0.15) is 20.3 Å². The minimum Gasteiger partial charge on any atom is -0.300 e. The van der Waals surface area contributed by atoms with Gasteiger partial charge in [0.05, 0.1) is 4.90 Å². The number of benzene rings is 1. The van der Waals surface area contributed by atoms with E-state index in [4.69, 9.17) is 0 Å². The monoisotopic (exact) mass is 300 g/mol. The van der Waals surface area contributed by atoms with E-state index in [-0.39, 0.29) is 10.9 Å². The van der Waals surface area contributed by atoms with Crippen LogP contribution in [0.5, 0.6) is 0 Å². The predicted octanol–water partition coefficient (Wildman–Crippen LogP) is 1.93. The molecule has 0 aromatic heterocycles. The van der Waals surface area contributed by atoms with Crippen molar-refractivity contribution in [3.05, 3.63) is 30.1 Å². The quantitative estimate of drug-likeness (QED) is 0.834. The first-order valence-corrected chi connectivity index (χ1v) is 8.42. The summed E-state index contributed by atoms with van der Waals surface area (Å²) in [5.74, 6) is -0.425. The third-order valence-electron chi connectivity index (χ3n) is 3.91. The molecule has 1 fully saturated rings. The standard InChI is InChI=1S/C14H21FN2O2S/c1-3-16(4-2)13-9-10-17(11-13)20(18,19)14-7-5-12(15)6-8-14/h5-8,13H,3-4,9-11H2,1-2H3. The van der Waals surface area contributed by atoms with Crippen LogP contribution in [0.2, 0.25) is 0 Å². The summed E-state index contributed by atoms with van der Waals surface area (Å²) in [5, 5.41) is 0. The van der Waals surface area contributed by atoms with Crippen molar-refractivity contribution in [2.75, 3.05) is 26.2 Å². The van der Waals surface area contributed by atoms with Crippen LogP contribution in [-0.4, -0.2) is 49.8 Å². The molecule has 0 N–H and O–H groups in total. The van der Waals surface area contributed by atoms with Gasteiger partial charge in [0.1, 0.15) is 5.82 Å². The first kappa shape index (κ1) is 15.4. The van der Waals surface area contributed by atoms with E-state index in [1.807, 2.05) is 0 Å². The molecule has 20 heavy (non-hydrogen) atoms. The van der Waals surface area contributed by atoms with Gasteiger partial charge in [-0.15, -0.1) is 0 Å². The van der Waals surface area contributed by atoms with Gasteiger partial charge in [-0.25, -0.2) is 12.8 Å². The molecule has 1 aliphatic rings. The summed E-state index contributed by atoms with van der Waals surface area (Å²) in [7, 11) is -3.50. The maximum atomic E-state index is 12.9. The van der Waals surface area contributed by atoms with E-state index < -0.39 is 15.8 Å². The molecule has 0 radical (unpaired) electrons. The molecule has 0 saturated carbocycles. The Morgan fingerprint density at radius 1 is 1.25 bits per heavy atom. The predicted molar refractivity (Wildman–Crippen MR) is 76.5 cm³/mol. The van der Waals surface area contributed by atoms with Gasteiger partial charge in [-0.2, -0.15) is 4.31 Å². The van der Waals surface area contributed by atoms with Gasteiger partial charge in [0, 0.05) is 19.1 Å². The van der Waals surface area contributed by atoms with Crippen molar-refractivity contribution >= 4 is 10.0 Å². The van der Waals surface area contributed by atoms with Crippen LogP contribution < -0.4 is 0 Å². The Balaban J connectivity index is 2.14. The lowest BCUT2D eigenvalue weighted by Gasteiger charge is -2.26. The maximum Gasteiger partial charge on any atom is 0.243 e. The van der Waals surface area contributed by atoms with Crippen molar-refractivity contribution in [3.8, 4) is 0 Å². The average Bonchev–Trinajstić information content (AvgIpc) is 2.91. The second kappa shape index (κ2) is 6.20. The lowest BCUT2D eigenvalue weighted by molar-refractivity contribution is 0.224. The van der Waals surface area contributed by atoms with Crippen LogP contribution in [0, 0.1) is 5.82 Å². The Morgan fingerprint density at radius 2 is 1.85 bits per heavy atom. The van der Waals surface area contributed by atoms with Crippen LogP contribution in [-0.2, 0) is 10.0 Å². The Bertz CT molecular complexity index is 541. The molecule has 6 heteroatoms. The Labute approximate surface area is 120 Å². The summed E-state index contributed by atoms with van der Waals surface area (Å²) in [4.78, 5) is 2.44. The molecule has 1 aliphatic heterocycles. The van der Waals surface area contributed by atoms with Crippen LogP contribution in [0.25, 0.3) is 0 Å². The molecule has 0 amide bonds. The van der Waals surface area contributed by atoms with Crippen molar-refractivity contribution in [3.63, 3.8) is 0 Å². The zero-order valence-corrected chi connectivity index (χ0v) is 12.7. The highest BCUT2D eigenvalue weighted by Crippen LogP contribution is 2.23. The average molecular weight is 300 g/mol. The number of hydrogen-bond donors (Lipinski definition) is 0. The number of halogens is 1. The van der Waals surface area contributed by atoms with Gasteiger partial charge in [0.25, 0.3) is 0 Å². The molecule has 0 bridgehead atoms. The molecule has 2 rings (SSSR count). The third-order valence-corrected chi connectivity index (χ3v) is 5.79. The van der Waals surface area contributed by atoms with E-state index in [1.165, 1.54) is 28.6 Å². The number of rotatable bonds is 5. The van der Waals surface area contributed by atoms with Crippen LogP contribution in [0.3, 0.4) is 0 Å². The molecule has 1 heterocycles. The number of nitrogens with zero attached hydrogens (tertiary/aromatic N) is 2. The largest absolute Gasteiger partial charge is 0.300 e. The van der Waals surface area contributed by atoms with Gasteiger partial charge in [-0.3, -0.25) is 4.90 Å². The van der Waals surface area contributed by atoms with E-state index in [1.54, 1.807) is 0 Å². The third kappa shape index (κ3) is 3.02. The van der Waals surface area contributed by atoms with Gasteiger partial charge in [0.15, 0.2) is 0 Å². The molecule has 1 saturated heterocycles. The van der Waals surface area contributed by atoms with Gasteiger partial charge >= 0.3 is 0 Å². The van der Waals surface area contributed by atoms with Crippen molar-refractivity contribution in [1.82, 2.24) is 9.21 Å². The number of hydrogen-bond acceptors (Lipinski definition) is 3. The molecule has 1 unspecified atom stereocenters. The van der Waals surface area contributed by atoms with Crippen molar-refractivity contribution in [2.45, 2.75) is 31.2 Å². The van der Waals surface area contributed by atoms with Crippen molar-refractivity contribution < 1.29 is 12.8 Å². The second-order valence-electron chi connectivity index (χ2n) is 4.98. The summed E-state index contributed by atoms with van der Waals surface area (Å²) in [5.41, 5.74) is 0. The first-order chi connectivity index (χ1) is 9.48. The summed E-state index contributed by atoms with van der Waals surface area (Å²) in [6.45, 7) is 7.06. The van der Waals surface area contributed by atoms with E-state index in [0.717, 1.165) is 19.5 Å². The fourth-order valence-corrected chi connectivity index (χ4v) is 4.21. The maximum absolute atomic E-state index is 12.9. The second-order valence-corrected chi connectivity index (χ2v) is 6.92. The molecule has 0 spiro atoms. The first-order valence-electron chi connectivity index (χ1n) is 6.98. The Kier molecular flexibility index (Phi) is 4.78. The lowest BCUT2D eigenvalue weighted by atomic mass is 10.2. The van der Waals surface area contributed by atoms with Gasteiger partial charge in [-0.1, -0.05) is 13.8 Å². The highest BCUT2D eigenvalue weighted by Gasteiger charge is 2.34. The van der Waals surface area contributed by atoms with Gasteiger partial charge in [0.2, 0.25) is 10.0 Å². The summed E-state index contributed by atoms with van der Waals surface area (Å²) >= 11 is 0. The number of sulfonamides is 1. The molecule has 4 nitrogen and oxygen atoms in total. The highest BCUT2D eigenvalue weighted by atomic mass is 32.2. The molecule has 1 atom stereocenters. The number of likely N-dealkylation sites (N-methyl/N-ethyl adjacent to an activating group) is 1. The van der Waals surface area contributed by atoms with E-state index >= 15 is 0 Å². The minimum atomic E-state index is -3.50. The smallest absolute Gasteiger partial charge is 0.243 e. The molecule has 1 aromatic carbocycles. The van der Waals surface area contributed by atoms with Crippen LogP contribution in [0.15, 0.2) is 29.2 Å². The summed E-state index contributed by atoms with van der Waals surface area (Å²) in [6, 6.07) is 5.31. The van der Waals surface area contributed by atoms with Crippen molar-refractivity contribution in [1.29, 1.82) is 0 Å². The van der Waals surface area contributed by atoms with E-state index in [2.05, 4.69) is 18.7 Å². The fourth-order valence-electron chi connectivity index (χ4n) is 2.72. The fraction of sp³-hybridized carbons (Fsp3) is 0.571. The Hall–Kier alpha value is -0.980. The van der Waals surface area contributed by atoms with Crippen LogP contribution >= 0.6 is 0 Å². The molecule has 1 aromatic rings. The summed E-state index contributed by atoms with van der Waals surface area (Å²) in [6.07, 6.45) is 0.849. The zero-order chi connectivity index (χ0) is 14.8. The van der Waals surface area contributed by atoms with Gasteiger partial charge < -0.3 is 0 Å². The van der Waals surface area contributed by atoms with E-state index in [9.17, 15) is 12.8 Å². The van der Waals surface area contributed by atoms with Crippen LogP contribution in [0.4, 0.5) is 4.39 Å². The van der Waals surface area contributed by atoms with Gasteiger partial charge in [-0.05, 0) is 43.8 Å². The summed E-state index contributed by atoms with van der Waals surface area (Å²) < 4.78 is 39.4. The van der Waals surface area contributed by atoms with Crippen molar-refractivity contribution in [2.24, 2.45) is 0 Å². The molecule has 112 valence electrons. The highest BCUT2D eigenvalue weighted by molar-refractivity contribution is 7.89. The normalized spacial score (nSPS) is 20.7. The SMILES string of the molecule is CCN(CC)C1CCN(S(=O)(=O)c2ccc(F)cc2)C1. The van der Waals surface area contributed by atoms with E-state index in [0.29, 0.717) is 13.1 Å². The minimum absolute atomic E-state index is 0.166.